The Bertz CT molecular complexity index is 1100. The molecule has 0 aliphatic heterocycles. The van der Waals surface area contributed by atoms with Gasteiger partial charge in [0, 0.05) is 6.07 Å². The average molecular weight is 455 g/mol. The maximum Gasteiger partial charge on any atom is 0.339 e. The zero-order chi connectivity index (χ0) is 22.5. The molecule has 1 N–H and O–H groups in total. The monoisotopic (exact) mass is 454 g/mol. The number of nitrogens with zero attached hydrogens (tertiary/aromatic N) is 1. The van der Waals surface area contributed by atoms with Crippen molar-refractivity contribution in [3.63, 3.8) is 0 Å². The van der Waals surface area contributed by atoms with E-state index in [1.807, 2.05) is 0 Å². The molecular formula is C19H19ClN2O7S. The molecule has 2 aromatic carbocycles. The van der Waals surface area contributed by atoms with Crippen molar-refractivity contribution in [2.45, 2.75) is 17.9 Å². The zero-order valence-corrected chi connectivity index (χ0v) is 18.1. The third-order valence-electron chi connectivity index (χ3n) is 3.87. The van der Waals surface area contributed by atoms with Gasteiger partial charge in [0.05, 0.1) is 37.6 Å². The van der Waals surface area contributed by atoms with Crippen molar-refractivity contribution in [2.75, 3.05) is 26.1 Å². The Balaban J connectivity index is 2.49. The zero-order valence-electron chi connectivity index (χ0n) is 16.6. The van der Waals surface area contributed by atoms with Crippen LogP contribution in [0.4, 0.5) is 5.69 Å². The van der Waals surface area contributed by atoms with Gasteiger partial charge in [-0.15, -0.1) is 0 Å². The SMILES string of the molecule is COc1cc(OC)c(NS(=O)(=O)c2cc(C(=O)OC(C)C#N)ccc2OC)cc1Cl. The van der Waals surface area contributed by atoms with Crippen molar-refractivity contribution >= 4 is 33.3 Å². The highest BCUT2D eigenvalue weighted by molar-refractivity contribution is 7.92. The third-order valence-corrected chi connectivity index (χ3v) is 5.55. The summed E-state index contributed by atoms with van der Waals surface area (Å²) in [4.78, 5) is 11.9. The first-order valence-electron chi connectivity index (χ1n) is 8.39. The number of anilines is 1. The molecule has 0 radical (unpaired) electrons. The number of hydrogen-bond donors (Lipinski definition) is 1. The second kappa shape index (κ2) is 9.56. The number of esters is 1. The molecule has 0 aliphatic carbocycles. The van der Waals surface area contributed by atoms with Gasteiger partial charge in [0.15, 0.2) is 6.10 Å². The van der Waals surface area contributed by atoms with Crippen molar-refractivity contribution in [3.8, 4) is 23.3 Å². The number of nitriles is 1. The fourth-order valence-electron chi connectivity index (χ4n) is 2.41. The number of benzene rings is 2. The molecule has 9 nitrogen and oxygen atoms in total. The summed E-state index contributed by atoms with van der Waals surface area (Å²) in [5, 5.41) is 8.94. The lowest BCUT2D eigenvalue weighted by atomic mass is 10.2. The normalized spacial score (nSPS) is 11.7. The van der Waals surface area contributed by atoms with Crippen LogP contribution in [0.1, 0.15) is 17.3 Å². The molecule has 0 saturated carbocycles. The van der Waals surface area contributed by atoms with E-state index in [9.17, 15) is 13.2 Å². The summed E-state index contributed by atoms with van der Waals surface area (Å²) in [6.07, 6.45) is -0.997. The van der Waals surface area contributed by atoms with Gasteiger partial charge in [-0.1, -0.05) is 11.6 Å². The Morgan fingerprint density at radius 3 is 2.27 bits per heavy atom. The molecule has 2 rings (SSSR count). The topological polar surface area (TPSA) is 124 Å². The van der Waals surface area contributed by atoms with E-state index >= 15 is 0 Å². The van der Waals surface area contributed by atoms with Crippen LogP contribution in [0.2, 0.25) is 5.02 Å². The second-order valence-corrected chi connectivity index (χ2v) is 7.89. The number of carbonyl (C=O) groups excluding carboxylic acids is 1. The van der Waals surface area contributed by atoms with Crippen LogP contribution in [0.3, 0.4) is 0 Å². The minimum absolute atomic E-state index is 0.00837. The van der Waals surface area contributed by atoms with Crippen LogP contribution < -0.4 is 18.9 Å². The Morgan fingerprint density at radius 2 is 1.70 bits per heavy atom. The van der Waals surface area contributed by atoms with Gasteiger partial charge >= 0.3 is 5.97 Å². The van der Waals surface area contributed by atoms with Gasteiger partial charge in [0.25, 0.3) is 10.0 Å². The molecule has 2 aromatic rings. The molecule has 0 bridgehead atoms. The van der Waals surface area contributed by atoms with Crippen molar-refractivity contribution in [3.05, 3.63) is 40.9 Å². The van der Waals surface area contributed by atoms with E-state index < -0.39 is 22.1 Å². The van der Waals surface area contributed by atoms with E-state index in [1.165, 1.54) is 52.5 Å². The first-order valence-corrected chi connectivity index (χ1v) is 10.3. The van der Waals surface area contributed by atoms with Crippen molar-refractivity contribution in [1.29, 1.82) is 5.26 Å². The highest BCUT2D eigenvalue weighted by Gasteiger charge is 2.25. The minimum Gasteiger partial charge on any atom is -0.495 e. The molecule has 11 heteroatoms. The van der Waals surface area contributed by atoms with Gasteiger partial charge < -0.3 is 18.9 Å². The number of methoxy groups -OCH3 is 3. The third kappa shape index (κ3) is 5.06. The Labute approximate surface area is 179 Å². The summed E-state index contributed by atoms with van der Waals surface area (Å²) in [5.41, 5.74) is -0.0190. The molecule has 0 aromatic heterocycles. The van der Waals surface area contributed by atoms with Crippen molar-refractivity contribution < 1.29 is 32.2 Å². The fourth-order valence-corrected chi connectivity index (χ4v) is 3.91. The highest BCUT2D eigenvalue weighted by Crippen LogP contribution is 2.37. The van der Waals surface area contributed by atoms with E-state index in [4.69, 9.17) is 35.8 Å². The van der Waals surface area contributed by atoms with E-state index in [0.717, 1.165) is 6.07 Å². The van der Waals surface area contributed by atoms with Crippen LogP contribution in [0, 0.1) is 11.3 Å². The van der Waals surface area contributed by atoms with Gasteiger partial charge in [-0.25, -0.2) is 13.2 Å². The van der Waals surface area contributed by atoms with Crippen LogP contribution in [-0.4, -0.2) is 41.8 Å². The molecule has 0 amide bonds. The van der Waals surface area contributed by atoms with Crippen molar-refractivity contribution in [2.24, 2.45) is 0 Å². The number of sulfonamides is 1. The number of halogens is 1. The molecule has 0 heterocycles. The lowest BCUT2D eigenvalue weighted by molar-refractivity contribution is 0.0435. The summed E-state index contributed by atoms with van der Waals surface area (Å²) >= 11 is 6.09. The summed E-state index contributed by atoms with van der Waals surface area (Å²) < 4.78 is 48.8. The molecule has 0 saturated heterocycles. The van der Waals surface area contributed by atoms with E-state index in [0.29, 0.717) is 5.75 Å². The quantitative estimate of drug-likeness (QED) is 0.603. The first-order chi connectivity index (χ1) is 14.2. The predicted molar refractivity (Wildman–Crippen MR) is 109 cm³/mol. The van der Waals surface area contributed by atoms with E-state index in [1.54, 1.807) is 6.07 Å². The minimum atomic E-state index is -4.24. The first kappa shape index (κ1) is 23.1. The predicted octanol–water partition coefficient (Wildman–Crippen LogP) is 3.24. The molecule has 1 unspecified atom stereocenters. The van der Waals surface area contributed by atoms with Crippen LogP contribution in [0.25, 0.3) is 0 Å². The smallest absolute Gasteiger partial charge is 0.339 e. The molecule has 0 fully saturated rings. The molecular weight excluding hydrogens is 436 g/mol. The lowest BCUT2D eigenvalue weighted by Crippen LogP contribution is -2.17. The second-order valence-electron chi connectivity index (χ2n) is 5.83. The summed E-state index contributed by atoms with van der Waals surface area (Å²) in [7, 11) is -0.191. The van der Waals surface area contributed by atoms with Crippen LogP contribution in [0.5, 0.6) is 17.2 Å². The Kier molecular flexibility index (Phi) is 7.37. The number of nitrogens with one attached hydrogen (secondary N) is 1. The van der Waals surface area contributed by atoms with Gasteiger partial charge in [0.1, 0.15) is 28.2 Å². The molecule has 0 spiro atoms. The van der Waals surface area contributed by atoms with Crippen molar-refractivity contribution in [1.82, 2.24) is 0 Å². The van der Waals surface area contributed by atoms with Gasteiger partial charge in [-0.05, 0) is 31.2 Å². The number of hydrogen-bond acceptors (Lipinski definition) is 8. The fraction of sp³-hybridized carbons (Fsp3) is 0.263. The van der Waals surface area contributed by atoms with E-state index in [-0.39, 0.29) is 32.7 Å². The van der Waals surface area contributed by atoms with E-state index in [2.05, 4.69) is 4.72 Å². The summed E-state index contributed by atoms with van der Waals surface area (Å²) in [5.74, 6) is -0.401. The maximum absolute atomic E-state index is 13.0. The number of ether oxygens (including phenoxy) is 4. The van der Waals surface area contributed by atoms with Gasteiger partial charge in [0.2, 0.25) is 0 Å². The lowest BCUT2D eigenvalue weighted by Gasteiger charge is -2.16. The highest BCUT2D eigenvalue weighted by atomic mass is 35.5. The maximum atomic E-state index is 13.0. The molecule has 160 valence electrons. The Morgan fingerprint density at radius 1 is 1.07 bits per heavy atom. The largest absolute Gasteiger partial charge is 0.495 e. The number of rotatable bonds is 8. The molecule has 0 aliphatic rings. The van der Waals surface area contributed by atoms with Crippen LogP contribution in [0.15, 0.2) is 35.2 Å². The number of carbonyl (C=O) groups is 1. The summed E-state index contributed by atoms with van der Waals surface area (Å²) in [6.45, 7) is 1.39. The molecule has 30 heavy (non-hydrogen) atoms. The average Bonchev–Trinajstić information content (AvgIpc) is 2.73. The van der Waals surface area contributed by atoms with Crippen LogP contribution in [-0.2, 0) is 14.8 Å². The van der Waals surface area contributed by atoms with Gasteiger partial charge in [-0.2, -0.15) is 5.26 Å². The van der Waals surface area contributed by atoms with Crippen LogP contribution >= 0.6 is 11.6 Å². The Hall–Kier alpha value is -3.16. The molecule has 1 atom stereocenters. The standard InChI is InChI=1S/C19H19ClN2O7S/c1-11(10-21)29-19(23)12-5-6-15(26-2)18(7-12)30(24,25)22-14-8-13(20)16(27-3)9-17(14)28-4/h5-9,11,22H,1-4H3. The van der Waals surface area contributed by atoms with Gasteiger partial charge in [-0.3, -0.25) is 4.72 Å². The summed E-state index contributed by atoms with van der Waals surface area (Å²) in [6, 6.07) is 8.24.